The average Bonchev–Trinajstić information content (AvgIpc) is 3.06. The number of allylic oxidation sites excluding steroid dienone is 8. The van der Waals surface area contributed by atoms with Crippen LogP contribution in [-0.2, 0) is 26.2 Å². The van der Waals surface area contributed by atoms with Crippen molar-refractivity contribution in [2.24, 2.45) is 9.98 Å². The molecule has 0 N–H and O–H groups in total. The summed E-state index contributed by atoms with van der Waals surface area (Å²) in [5.74, 6) is 0. The molecule has 2 heterocycles. The first-order valence-electron chi connectivity index (χ1n) is 8.20. The summed E-state index contributed by atoms with van der Waals surface area (Å²) in [5, 5.41) is 2.97. The summed E-state index contributed by atoms with van der Waals surface area (Å²) < 4.78 is 0. The van der Waals surface area contributed by atoms with E-state index in [0.29, 0.717) is 0 Å². The fraction of sp³-hybridized carbons (Fsp3) is 0.300. The van der Waals surface area contributed by atoms with Gasteiger partial charge in [0.2, 0.25) is 0 Å². The maximum Gasteiger partial charge on any atom is 2.00 e. The van der Waals surface area contributed by atoms with Crippen LogP contribution in [0.25, 0.3) is 0 Å². The molecule has 0 unspecified atom stereocenters. The van der Waals surface area contributed by atoms with E-state index in [-0.39, 0.29) is 51.0 Å². The molecule has 0 bridgehead atoms. The van der Waals surface area contributed by atoms with Gasteiger partial charge in [0, 0.05) is 22.6 Å². The molecule has 2 nitrogen and oxygen atoms in total. The minimum atomic E-state index is -1.87. The molecule has 0 fully saturated rings. The Bertz CT molecular complexity index is 851. The summed E-state index contributed by atoms with van der Waals surface area (Å²) in [4.78, 5) is 9.68. The van der Waals surface area contributed by atoms with Gasteiger partial charge < -0.3 is 24.8 Å². The molecule has 26 heavy (non-hydrogen) atoms. The van der Waals surface area contributed by atoms with E-state index in [4.69, 9.17) is 9.98 Å². The molecule has 6 heteroatoms. The molecule has 0 saturated heterocycles. The average molecular weight is 481 g/mol. The molecular weight excluding hydrogens is 458 g/mol. The van der Waals surface area contributed by atoms with E-state index in [1.54, 1.807) is 0 Å². The summed E-state index contributed by atoms with van der Waals surface area (Å²) in [6, 6.07) is 0. The number of fused-ring (bicyclic) bond motifs is 2. The van der Waals surface area contributed by atoms with Gasteiger partial charge in [0.15, 0.2) is 0 Å². The maximum absolute atomic E-state index is 4.84. The molecule has 4 rings (SSSR count). The van der Waals surface area contributed by atoms with Gasteiger partial charge in [0.05, 0.1) is 11.4 Å². The van der Waals surface area contributed by atoms with Crippen molar-refractivity contribution < 1.29 is 51.0 Å². The minimum absolute atomic E-state index is 0. The van der Waals surface area contributed by atoms with Gasteiger partial charge in [0.1, 0.15) is 8.07 Å². The van der Waals surface area contributed by atoms with Gasteiger partial charge in [-0.05, 0) is 73.5 Å². The smallest absolute Gasteiger partial charge is 1.00 e. The van der Waals surface area contributed by atoms with Crippen molar-refractivity contribution in [1.29, 1.82) is 0 Å². The van der Waals surface area contributed by atoms with E-state index in [1.165, 1.54) is 44.1 Å². The summed E-state index contributed by atoms with van der Waals surface area (Å²) in [7, 11) is -1.87. The Labute approximate surface area is 188 Å². The van der Waals surface area contributed by atoms with E-state index < -0.39 is 8.07 Å². The molecule has 0 saturated carbocycles. The Morgan fingerprint density at radius 3 is 1.35 bits per heavy atom. The molecule has 0 aromatic heterocycles. The second-order valence-corrected chi connectivity index (χ2v) is 11.7. The van der Waals surface area contributed by atoms with Crippen molar-refractivity contribution in [3.63, 3.8) is 0 Å². The van der Waals surface area contributed by atoms with Crippen molar-refractivity contribution in [3.8, 4) is 0 Å². The summed E-state index contributed by atoms with van der Waals surface area (Å²) in [6.07, 6.45) is 9.01. The van der Waals surface area contributed by atoms with Crippen LogP contribution in [0.15, 0.2) is 78.4 Å². The zero-order chi connectivity index (χ0) is 16.5. The Hall–Kier alpha value is -0.540. The Morgan fingerprint density at radius 1 is 0.654 bits per heavy atom. The molecule has 0 aromatic carbocycles. The number of hydrogen-bond donors (Lipinski definition) is 0. The molecule has 0 atom stereocenters. The van der Waals surface area contributed by atoms with Gasteiger partial charge in [-0.1, -0.05) is 13.1 Å². The van der Waals surface area contributed by atoms with Gasteiger partial charge >= 0.3 is 26.2 Å². The largest absolute Gasteiger partial charge is 2.00 e. The van der Waals surface area contributed by atoms with Crippen LogP contribution < -0.4 is 24.8 Å². The van der Waals surface area contributed by atoms with Gasteiger partial charge in [-0.2, -0.15) is 0 Å². The SMILES string of the molecule is CC1=CC2=CC(C)=NC2=C1[Si](C)(C)C1=C2N=C(C)C=C2C=C1C.[Cl-].[Cl-].[Zr+2]. The van der Waals surface area contributed by atoms with Gasteiger partial charge in [-0.3, -0.25) is 9.98 Å². The summed E-state index contributed by atoms with van der Waals surface area (Å²) in [5.41, 5.74) is 10.0. The zero-order valence-corrected chi connectivity index (χ0v) is 20.9. The van der Waals surface area contributed by atoms with E-state index in [0.717, 1.165) is 11.4 Å². The van der Waals surface area contributed by atoms with Crippen LogP contribution >= 0.6 is 0 Å². The Morgan fingerprint density at radius 2 is 1.00 bits per heavy atom. The third-order valence-corrected chi connectivity index (χ3v) is 8.87. The quantitative estimate of drug-likeness (QED) is 0.454. The monoisotopic (exact) mass is 478 g/mol. The predicted octanol–water partition coefficient (Wildman–Crippen LogP) is -0.991. The van der Waals surface area contributed by atoms with Crippen LogP contribution in [0, 0.1) is 0 Å². The summed E-state index contributed by atoms with van der Waals surface area (Å²) >= 11 is 0. The van der Waals surface area contributed by atoms with Crippen molar-refractivity contribution in [2.75, 3.05) is 0 Å². The van der Waals surface area contributed by atoms with Crippen LogP contribution in [0.2, 0.25) is 13.1 Å². The molecule has 2 aliphatic heterocycles. The van der Waals surface area contributed by atoms with E-state index in [1.807, 2.05) is 0 Å². The van der Waals surface area contributed by atoms with E-state index in [2.05, 4.69) is 65.1 Å². The molecule has 0 aromatic rings. The van der Waals surface area contributed by atoms with Crippen molar-refractivity contribution in [1.82, 2.24) is 0 Å². The van der Waals surface area contributed by atoms with Crippen LogP contribution in [0.4, 0.5) is 0 Å². The second-order valence-electron chi connectivity index (χ2n) is 7.43. The maximum atomic E-state index is 4.84. The predicted molar refractivity (Wildman–Crippen MR) is 101 cm³/mol. The number of rotatable bonds is 2. The Balaban J connectivity index is 0.00000113. The molecule has 4 aliphatic rings. The van der Waals surface area contributed by atoms with Gasteiger partial charge in [0.25, 0.3) is 0 Å². The normalized spacial score (nSPS) is 20.1. The van der Waals surface area contributed by atoms with Crippen molar-refractivity contribution >= 4 is 19.5 Å². The number of aliphatic imine (C=N–C) groups is 2. The second kappa shape index (κ2) is 7.83. The third kappa shape index (κ3) is 3.35. The third-order valence-electron chi connectivity index (χ3n) is 5.11. The Kier molecular flexibility index (Phi) is 7.08. The number of halogens is 2. The molecule has 134 valence electrons. The summed E-state index contributed by atoms with van der Waals surface area (Å²) in [6.45, 7) is 13.5. The van der Waals surface area contributed by atoms with Crippen molar-refractivity contribution in [3.05, 3.63) is 68.4 Å². The standard InChI is InChI=1S/C20H22N2Si.2ClH.Zr/c1-11-7-15-9-13(3)21-17(15)19(11)23(5,6)20-12(2)8-16-10-14(4)22-18(16)20;;;/h7-10H,1-6H3;2*1H;/q;;;+2/p-2. The van der Waals surface area contributed by atoms with E-state index in [9.17, 15) is 0 Å². The zero-order valence-electron chi connectivity index (χ0n) is 16.0. The van der Waals surface area contributed by atoms with Crippen molar-refractivity contribution in [2.45, 2.75) is 40.8 Å². The first-order chi connectivity index (χ1) is 10.8. The molecular formula is C20H22Cl2N2SiZr. The van der Waals surface area contributed by atoms with Crippen LogP contribution in [0.1, 0.15) is 27.7 Å². The fourth-order valence-electron chi connectivity index (χ4n) is 4.44. The number of nitrogens with zero attached hydrogens (tertiary/aromatic N) is 2. The first kappa shape index (κ1) is 23.5. The van der Waals surface area contributed by atoms with Crippen LogP contribution in [0.3, 0.4) is 0 Å². The molecule has 2 aliphatic carbocycles. The van der Waals surface area contributed by atoms with E-state index >= 15 is 0 Å². The molecule has 0 radical (unpaired) electrons. The molecule has 0 amide bonds. The first-order valence-corrected chi connectivity index (χ1v) is 11.2. The van der Waals surface area contributed by atoms with Crippen LogP contribution in [-0.4, -0.2) is 19.5 Å². The van der Waals surface area contributed by atoms with Crippen LogP contribution in [0.5, 0.6) is 0 Å². The topological polar surface area (TPSA) is 24.7 Å². The minimum Gasteiger partial charge on any atom is -1.00 e. The van der Waals surface area contributed by atoms with Gasteiger partial charge in [-0.15, -0.1) is 0 Å². The fourth-order valence-corrected chi connectivity index (χ4v) is 8.39. The van der Waals surface area contributed by atoms with Gasteiger partial charge in [-0.25, -0.2) is 0 Å². The molecule has 0 spiro atoms. The number of hydrogen-bond acceptors (Lipinski definition) is 2.